The van der Waals surface area contributed by atoms with Crippen molar-refractivity contribution in [3.63, 3.8) is 0 Å². The first kappa shape index (κ1) is 19.3. The molecule has 4 rings (SSSR count). The Labute approximate surface area is 170 Å². The van der Waals surface area contributed by atoms with E-state index in [-0.39, 0.29) is 13.0 Å². The molecule has 4 aromatic rings. The van der Waals surface area contributed by atoms with Crippen LogP contribution in [0.4, 0.5) is 0 Å². The summed E-state index contributed by atoms with van der Waals surface area (Å²) >= 11 is 0. The Morgan fingerprint density at radius 2 is 1.93 bits per heavy atom. The molecule has 2 aromatic heterocycles. The van der Waals surface area contributed by atoms with Crippen LogP contribution in [0.25, 0.3) is 21.9 Å². The molecule has 2 heterocycles. The minimum atomic E-state index is -1.14. The highest BCUT2D eigenvalue weighted by molar-refractivity contribution is 5.87. The molecular formula is C22H18N2O6. The summed E-state index contributed by atoms with van der Waals surface area (Å²) in [6.07, 6.45) is 1.87. The van der Waals surface area contributed by atoms with Crippen LogP contribution in [0.2, 0.25) is 0 Å². The Morgan fingerprint density at radius 3 is 2.77 bits per heavy atom. The largest absolute Gasteiger partial charge is 0.484 e. The third-order valence-electron chi connectivity index (χ3n) is 4.70. The molecule has 0 spiro atoms. The molecule has 0 aliphatic heterocycles. The van der Waals surface area contributed by atoms with E-state index in [0.29, 0.717) is 11.3 Å². The summed E-state index contributed by atoms with van der Waals surface area (Å²) < 4.78 is 10.5. The number of carboxylic acid groups (broad SMARTS) is 1. The van der Waals surface area contributed by atoms with Gasteiger partial charge >= 0.3 is 11.6 Å². The van der Waals surface area contributed by atoms with Gasteiger partial charge in [0.1, 0.15) is 17.4 Å². The van der Waals surface area contributed by atoms with Gasteiger partial charge in [0.25, 0.3) is 5.91 Å². The number of H-pyrrole nitrogens is 1. The minimum Gasteiger partial charge on any atom is -0.484 e. The monoisotopic (exact) mass is 406 g/mol. The summed E-state index contributed by atoms with van der Waals surface area (Å²) in [5.41, 5.74) is 1.54. The molecule has 0 fully saturated rings. The van der Waals surface area contributed by atoms with Crippen molar-refractivity contribution in [3.8, 4) is 5.75 Å². The fourth-order valence-corrected chi connectivity index (χ4v) is 3.24. The van der Waals surface area contributed by atoms with Gasteiger partial charge < -0.3 is 24.6 Å². The predicted octanol–water partition coefficient (Wildman–Crippen LogP) is 2.47. The predicted molar refractivity (Wildman–Crippen MR) is 110 cm³/mol. The number of carbonyl (C=O) groups excluding carboxylic acids is 1. The molecule has 8 nitrogen and oxygen atoms in total. The van der Waals surface area contributed by atoms with Gasteiger partial charge in [0.05, 0.1) is 0 Å². The van der Waals surface area contributed by atoms with E-state index in [2.05, 4.69) is 10.3 Å². The summed E-state index contributed by atoms with van der Waals surface area (Å²) in [7, 11) is 0. The Hall–Kier alpha value is -4.07. The quantitative estimate of drug-likeness (QED) is 0.405. The van der Waals surface area contributed by atoms with Crippen molar-refractivity contribution in [2.45, 2.75) is 12.5 Å². The van der Waals surface area contributed by atoms with Gasteiger partial charge in [0, 0.05) is 41.0 Å². The zero-order valence-electron chi connectivity index (χ0n) is 15.8. The number of ether oxygens (including phenoxy) is 1. The highest BCUT2D eigenvalue weighted by Crippen LogP contribution is 2.20. The summed E-state index contributed by atoms with van der Waals surface area (Å²) in [4.78, 5) is 38.3. The number of carboxylic acids is 1. The van der Waals surface area contributed by atoms with Crippen molar-refractivity contribution >= 4 is 33.7 Å². The van der Waals surface area contributed by atoms with Crippen LogP contribution < -0.4 is 15.7 Å². The summed E-state index contributed by atoms with van der Waals surface area (Å²) in [5, 5.41) is 13.6. The van der Waals surface area contributed by atoms with E-state index in [1.165, 1.54) is 12.1 Å². The van der Waals surface area contributed by atoms with E-state index in [9.17, 15) is 19.5 Å². The number of amides is 1. The van der Waals surface area contributed by atoms with Gasteiger partial charge in [-0.1, -0.05) is 18.2 Å². The molecule has 152 valence electrons. The van der Waals surface area contributed by atoms with Crippen molar-refractivity contribution in [1.82, 2.24) is 10.3 Å². The topological polar surface area (TPSA) is 122 Å². The number of rotatable bonds is 7. The second kappa shape index (κ2) is 8.12. The fourth-order valence-electron chi connectivity index (χ4n) is 3.24. The fraction of sp³-hybridized carbons (Fsp3) is 0.136. The van der Waals surface area contributed by atoms with Gasteiger partial charge in [-0.25, -0.2) is 9.59 Å². The van der Waals surface area contributed by atoms with E-state index in [0.717, 1.165) is 21.9 Å². The standard InChI is InChI=1S/C22H18N2O6/c25-20(12-29-15-7-5-13-6-8-21(26)30-19(13)10-15)24-18(22(27)28)9-14-11-23-17-4-2-1-3-16(14)17/h1-8,10-11,18,23H,9,12H2,(H,24,25)(H,27,28). The molecule has 0 saturated carbocycles. The van der Waals surface area contributed by atoms with Gasteiger partial charge in [-0.3, -0.25) is 4.79 Å². The van der Waals surface area contributed by atoms with E-state index < -0.39 is 23.5 Å². The van der Waals surface area contributed by atoms with Crippen molar-refractivity contribution < 1.29 is 23.8 Å². The SMILES string of the molecule is O=C(COc1ccc2ccc(=O)oc2c1)NC(Cc1c[nH]c2ccccc12)C(=O)O. The summed E-state index contributed by atoms with van der Waals surface area (Å²) in [5.74, 6) is -1.38. The average Bonchev–Trinajstić information content (AvgIpc) is 3.14. The van der Waals surface area contributed by atoms with Crippen LogP contribution in [0.3, 0.4) is 0 Å². The average molecular weight is 406 g/mol. The first-order valence-electron chi connectivity index (χ1n) is 9.23. The second-order valence-corrected chi connectivity index (χ2v) is 6.76. The number of hydrogen-bond acceptors (Lipinski definition) is 5. The molecule has 0 aliphatic rings. The van der Waals surface area contributed by atoms with E-state index in [4.69, 9.17) is 9.15 Å². The number of hydrogen-bond donors (Lipinski definition) is 3. The van der Waals surface area contributed by atoms with Crippen molar-refractivity contribution in [3.05, 3.63) is 76.8 Å². The van der Waals surface area contributed by atoms with Crippen LogP contribution in [0.1, 0.15) is 5.56 Å². The van der Waals surface area contributed by atoms with Gasteiger partial charge in [-0.15, -0.1) is 0 Å². The van der Waals surface area contributed by atoms with Crippen LogP contribution in [0.15, 0.2) is 70.0 Å². The second-order valence-electron chi connectivity index (χ2n) is 6.76. The molecule has 30 heavy (non-hydrogen) atoms. The first-order valence-corrected chi connectivity index (χ1v) is 9.23. The summed E-state index contributed by atoms with van der Waals surface area (Å²) in [6.45, 7) is -0.375. The van der Waals surface area contributed by atoms with Crippen LogP contribution >= 0.6 is 0 Å². The summed E-state index contributed by atoms with van der Waals surface area (Å²) in [6, 6.07) is 14.2. The highest BCUT2D eigenvalue weighted by atomic mass is 16.5. The van der Waals surface area contributed by atoms with Crippen LogP contribution in [-0.2, 0) is 16.0 Å². The smallest absolute Gasteiger partial charge is 0.336 e. The Kier molecular flexibility index (Phi) is 5.21. The molecule has 2 aromatic carbocycles. The van der Waals surface area contributed by atoms with Gasteiger partial charge in [0.15, 0.2) is 6.61 Å². The van der Waals surface area contributed by atoms with Crippen LogP contribution in [0, 0.1) is 0 Å². The van der Waals surface area contributed by atoms with Crippen LogP contribution in [0.5, 0.6) is 5.75 Å². The van der Waals surface area contributed by atoms with Crippen LogP contribution in [-0.4, -0.2) is 34.6 Å². The normalized spacial score (nSPS) is 12.0. The Morgan fingerprint density at radius 1 is 1.13 bits per heavy atom. The number of benzene rings is 2. The molecule has 1 amide bonds. The zero-order chi connectivity index (χ0) is 21.1. The molecule has 8 heteroatoms. The molecule has 0 aliphatic carbocycles. The van der Waals surface area contributed by atoms with Gasteiger partial charge in [-0.2, -0.15) is 0 Å². The van der Waals surface area contributed by atoms with Gasteiger partial charge in [-0.05, 0) is 29.8 Å². The number of aliphatic carboxylic acids is 1. The van der Waals surface area contributed by atoms with E-state index in [1.54, 1.807) is 24.4 Å². The lowest BCUT2D eigenvalue weighted by Gasteiger charge is -2.15. The number of nitrogens with one attached hydrogen (secondary N) is 2. The number of aromatic nitrogens is 1. The lowest BCUT2D eigenvalue weighted by molar-refractivity contribution is -0.142. The Balaban J connectivity index is 1.41. The lowest BCUT2D eigenvalue weighted by atomic mass is 10.1. The van der Waals surface area contributed by atoms with E-state index in [1.807, 2.05) is 24.3 Å². The van der Waals surface area contributed by atoms with Crippen molar-refractivity contribution in [1.29, 1.82) is 0 Å². The van der Waals surface area contributed by atoms with Gasteiger partial charge in [0.2, 0.25) is 0 Å². The number of carbonyl (C=O) groups is 2. The Bertz CT molecular complexity index is 1290. The molecule has 0 saturated heterocycles. The maximum Gasteiger partial charge on any atom is 0.336 e. The zero-order valence-corrected chi connectivity index (χ0v) is 15.8. The third kappa shape index (κ3) is 4.17. The third-order valence-corrected chi connectivity index (χ3v) is 4.70. The maximum atomic E-state index is 12.3. The van der Waals surface area contributed by atoms with Crippen molar-refractivity contribution in [2.75, 3.05) is 6.61 Å². The molecule has 1 atom stereocenters. The minimum absolute atomic E-state index is 0.131. The molecule has 1 unspecified atom stereocenters. The maximum absolute atomic E-state index is 12.3. The number of fused-ring (bicyclic) bond motifs is 2. The highest BCUT2D eigenvalue weighted by Gasteiger charge is 2.22. The number of para-hydroxylation sites is 1. The first-order chi connectivity index (χ1) is 14.5. The molecule has 3 N–H and O–H groups in total. The number of aromatic amines is 1. The molecular weight excluding hydrogens is 388 g/mol. The van der Waals surface area contributed by atoms with Crippen molar-refractivity contribution in [2.24, 2.45) is 0 Å². The van der Waals surface area contributed by atoms with E-state index >= 15 is 0 Å². The molecule has 0 radical (unpaired) electrons. The molecule has 0 bridgehead atoms. The lowest BCUT2D eigenvalue weighted by Crippen LogP contribution is -2.44.